The van der Waals surface area contributed by atoms with Crippen molar-refractivity contribution in [2.45, 2.75) is 25.7 Å². The van der Waals surface area contributed by atoms with Crippen molar-refractivity contribution in [3.8, 4) is 0 Å². The minimum absolute atomic E-state index is 0.0877. The molecule has 2 aromatic rings. The van der Waals surface area contributed by atoms with E-state index < -0.39 is 5.91 Å². The summed E-state index contributed by atoms with van der Waals surface area (Å²) in [6.07, 6.45) is 3.19. The quantitative estimate of drug-likeness (QED) is 0.828. The van der Waals surface area contributed by atoms with Crippen molar-refractivity contribution < 1.29 is 19.0 Å². The molecule has 0 radical (unpaired) electrons. The molecule has 1 aromatic carbocycles. The van der Waals surface area contributed by atoms with Gasteiger partial charge in [-0.15, -0.1) is 0 Å². The van der Waals surface area contributed by atoms with E-state index in [4.69, 9.17) is 11.6 Å². The van der Waals surface area contributed by atoms with Crippen LogP contribution in [0.5, 0.6) is 0 Å². The lowest BCUT2D eigenvalue weighted by molar-refractivity contribution is -0.122. The van der Waals surface area contributed by atoms with Crippen molar-refractivity contribution in [3.05, 3.63) is 34.9 Å². The number of hydrogen-bond donors (Lipinski definition) is 1. The number of anilines is 2. The summed E-state index contributed by atoms with van der Waals surface area (Å²) in [6, 6.07) is 6.49. The van der Waals surface area contributed by atoms with Gasteiger partial charge >= 0.3 is 0 Å². The second-order valence-electron chi connectivity index (χ2n) is 6.38. The number of nitrogens with one attached hydrogen (secondary N) is 1. The average molecular weight is 375 g/mol. The summed E-state index contributed by atoms with van der Waals surface area (Å²) in [7, 11) is 0. The van der Waals surface area contributed by atoms with E-state index in [9.17, 15) is 14.4 Å². The maximum absolute atomic E-state index is 12.7. The third-order valence-electron chi connectivity index (χ3n) is 4.87. The first kappa shape index (κ1) is 16.7. The van der Waals surface area contributed by atoms with Crippen molar-refractivity contribution >= 4 is 41.0 Å². The Hall–Kier alpha value is -2.74. The van der Waals surface area contributed by atoms with Gasteiger partial charge in [-0.25, -0.2) is 9.53 Å². The molecule has 4 rings (SSSR count). The first-order valence-electron chi connectivity index (χ1n) is 8.34. The van der Waals surface area contributed by atoms with E-state index in [2.05, 4.69) is 20.3 Å². The van der Waals surface area contributed by atoms with Crippen LogP contribution < -0.4 is 10.2 Å². The number of rotatable bonds is 3. The third-order valence-corrected chi connectivity index (χ3v) is 5.20. The minimum Gasteiger partial charge on any atom is -0.300 e. The first-order valence-corrected chi connectivity index (χ1v) is 8.72. The Morgan fingerprint density at radius 1 is 1.12 bits per heavy atom. The van der Waals surface area contributed by atoms with Crippen molar-refractivity contribution in [1.82, 2.24) is 10.3 Å². The molecule has 1 N–H and O–H groups in total. The first-order chi connectivity index (χ1) is 12.6. The number of nitrogens with zero attached hydrogens (tertiary/aromatic N) is 3. The van der Waals surface area contributed by atoms with E-state index >= 15 is 0 Å². The Morgan fingerprint density at radius 2 is 1.77 bits per heavy atom. The van der Waals surface area contributed by atoms with Gasteiger partial charge in [0.1, 0.15) is 0 Å². The Labute approximate surface area is 153 Å². The van der Waals surface area contributed by atoms with Gasteiger partial charge in [0, 0.05) is 0 Å². The second-order valence-corrected chi connectivity index (χ2v) is 6.79. The summed E-state index contributed by atoms with van der Waals surface area (Å²) >= 11 is 6.02. The maximum Gasteiger partial charge on any atom is 0.258 e. The smallest absolute Gasteiger partial charge is 0.258 e. The SMILES string of the molecule is O=C(Nc1nonc1N1C(=O)C2CCCCC2C1=O)c1ccccc1Cl. The number of fused-ring (bicyclic) bond motifs is 1. The lowest BCUT2D eigenvalue weighted by Crippen LogP contribution is -2.32. The number of carbonyl (C=O) groups is 3. The van der Waals surface area contributed by atoms with Crippen LogP contribution in [-0.4, -0.2) is 28.0 Å². The summed E-state index contributed by atoms with van der Waals surface area (Å²) in [4.78, 5) is 38.8. The Kier molecular flexibility index (Phi) is 4.20. The summed E-state index contributed by atoms with van der Waals surface area (Å²) in [6.45, 7) is 0. The van der Waals surface area contributed by atoms with Gasteiger partial charge in [-0.3, -0.25) is 14.4 Å². The van der Waals surface area contributed by atoms with Crippen molar-refractivity contribution in [2.75, 3.05) is 10.2 Å². The van der Waals surface area contributed by atoms with Crippen molar-refractivity contribution in [1.29, 1.82) is 0 Å². The Morgan fingerprint density at radius 3 is 2.42 bits per heavy atom. The van der Waals surface area contributed by atoms with Crippen LogP contribution in [-0.2, 0) is 9.59 Å². The van der Waals surface area contributed by atoms with Crippen LogP contribution in [0.4, 0.5) is 11.6 Å². The molecule has 1 aromatic heterocycles. The zero-order valence-corrected chi connectivity index (χ0v) is 14.4. The number of aromatic nitrogens is 2. The Bertz CT molecular complexity index is 872. The number of amides is 3. The van der Waals surface area contributed by atoms with Gasteiger partial charge in [0.05, 0.1) is 22.4 Å². The largest absolute Gasteiger partial charge is 0.300 e. The predicted octanol–water partition coefficient (Wildman–Crippen LogP) is 2.65. The van der Waals surface area contributed by atoms with Gasteiger partial charge in [-0.05, 0) is 35.3 Å². The van der Waals surface area contributed by atoms with Crippen LogP contribution in [0.25, 0.3) is 0 Å². The number of carbonyl (C=O) groups excluding carboxylic acids is 3. The number of hydrogen-bond acceptors (Lipinski definition) is 6. The summed E-state index contributed by atoms with van der Waals surface area (Å²) in [5.41, 5.74) is 0.232. The summed E-state index contributed by atoms with van der Waals surface area (Å²) in [5.74, 6) is -2.01. The van der Waals surface area contributed by atoms with Crippen molar-refractivity contribution in [3.63, 3.8) is 0 Å². The molecule has 3 amide bonds. The molecule has 1 saturated heterocycles. The molecule has 1 aliphatic heterocycles. The molecule has 1 aliphatic carbocycles. The summed E-state index contributed by atoms with van der Waals surface area (Å²) in [5, 5.41) is 10.1. The molecule has 2 atom stereocenters. The van der Waals surface area contributed by atoms with E-state index in [1.165, 1.54) is 0 Å². The van der Waals surface area contributed by atoms with E-state index in [1.807, 2.05) is 0 Å². The molecule has 0 bridgehead atoms. The zero-order chi connectivity index (χ0) is 18.3. The minimum atomic E-state index is -0.538. The molecule has 1 saturated carbocycles. The average Bonchev–Trinajstić information content (AvgIpc) is 3.18. The number of halogens is 1. The zero-order valence-electron chi connectivity index (χ0n) is 13.6. The Balaban J connectivity index is 1.61. The van der Waals surface area contributed by atoms with Crippen LogP contribution in [0, 0.1) is 11.8 Å². The molecular weight excluding hydrogens is 360 g/mol. The van der Waals surface area contributed by atoms with Gasteiger partial charge in [0.2, 0.25) is 23.5 Å². The second kappa shape index (κ2) is 6.53. The monoisotopic (exact) mass is 374 g/mol. The highest BCUT2D eigenvalue weighted by Crippen LogP contribution is 2.41. The lowest BCUT2D eigenvalue weighted by atomic mass is 9.81. The summed E-state index contributed by atoms with van der Waals surface area (Å²) < 4.78 is 4.68. The van der Waals surface area contributed by atoms with Gasteiger partial charge in [-0.1, -0.05) is 36.6 Å². The molecule has 0 spiro atoms. The normalized spacial score (nSPS) is 22.4. The predicted molar refractivity (Wildman–Crippen MR) is 91.6 cm³/mol. The standard InChI is InChI=1S/C17H15ClN4O4/c18-12-8-4-3-7-11(12)15(23)19-13-14(21-26-20-13)22-16(24)9-5-1-2-6-10(9)17(22)25/h3-4,7-10H,1-2,5-6H2,(H,19,20,23). The molecule has 8 nitrogen and oxygen atoms in total. The lowest BCUT2D eigenvalue weighted by Gasteiger charge is -2.19. The highest BCUT2D eigenvalue weighted by atomic mass is 35.5. The molecule has 2 aliphatic rings. The molecule has 2 fully saturated rings. The van der Waals surface area contributed by atoms with E-state index in [1.54, 1.807) is 24.3 Å². The fraction of sp³-hybridized carbons (Fsp3) is 0.353. The topological polar surface area (TPSA) is 105 Å². The van der Waals surface area contributed by atoms with Gasteiger partial charge in [-0.2, -0.15) is 0 Å². The highest BCUT2D eigenvalue weighted by Gasteiger charge is 2.50. The molecule has 134 valence electrons. The van der Waals surface area contributed by atoms with E-state index in [-0.39, 0.29) is 45.9 Å². The number of benzene rings is 1. The van der Waals surface area contributed by atoms with Crippen LogP contribution in [0.2, 0.25) is 5.02 Å². The maximum atomic E-state index is 12.7. The van der Waals surface area contributed by atoms with Gasteiger partial charge < -0.3 is 5.32 Å². The van der Waals surface area contributed by atoms with Crippen LogP contribution in [0.3, 0.4) is 0 Å². The molecule has 26 heavy (non-hydrogen) atoms. The highest BCUT2D eigenvalue weighted by molar-refractivity contribution is 6.34. The van der Waals surface area contributed by atoms with Gasteiger partial charge in [0.25, 0.3) is 5.91 Å². The van der Waals surface area contributed by atoms with Gasteiger partial charge in [0.15, 0.2) is 0 Å². The molecule has 2 unspecified atom stereocenters. The van der Waals surface area contributed by atoms with Crippen LogP contribution in [0.15, 0.2) is 28.9 Å². The molecule has 9 heteroatoms. The van der Waals surface area contributed by atoms with Crippen LogP contribution >= 0.6 is 11.6 Å². The van der Waals surface area contributed by atoms with E-state index in [0.29, 0.717) is 12.8 Å². The molecular formula is C17H15ClN4O4. The number of imide groups is 1. The van der Waals surface area contributed by atoms with Crippen molar-refractivity contribution in [2.24, 2.45) is 11.8 Å². The molecule has 2 heterocycles. The van der Waals surface area contributed by atoms with E-state index in [0.717, 1.165) is 17.7 Å². The third kappa shape index (κ3) is 2.66. The fourth-order valence-electron chi connectivity index (χ4n) is 3.60. The fourth-order valence-corrected chi connectivity index (χ4v) is 3.82. The van der Waals surface area contributed by atoms with Crippen LogP contribution in [0.1, 0.15) is 36.0 Å².